The van der Waals surface area contributed by atoms with E-state index in [0.717, 1.165) is 25.9 Å². The van der Waals surface area contributed by atoms with Crippen molar-refractivity contribution in [1.29, 1.82) is 0 Å². The van der Waals surface area contributed by atoms with E-state index in [1.165, 1.54) is 0 Å². The van der Waals surface area contributed by atoms with Gasteiger partial charge < -0.3 is 10.6 Å². The van der Waals surface area contributed by atoms with Crippen molar-refractivity contribution in [3.8, 4) is 0 Å². The molecule has 0 unspecified atom stereocenters. The number of rotatable bonds is 6. The zero-order valence-corrected chi connectivity index (χ0v) is 11.9. The molecule has 19 heavy (non-hydrogen) atoms. The lowest BCUT2D eigenvalue weighted by molar-refractivity contribution is -0.128. The molecule has 1 atom stereocenters. The molecule has 1 saturated heterocycles. The van der Waals surface area contributed by atoms with Crippen LogP contribution in [0.3, 0.4) is 0 Å². The molecular weight excluding hydrogens is 242 g/mol. The van der Waals surface area contributed by atoms with E-state index in [0.29, 0.717) is 13.1 Å². The molecule has 1 heterocycles. The summed E-state index contributed by atoms with van der Waals surface area (Å²) in [5.41, 5.74) is 0. The molecule has 1 fully saturated rings. The van der Waals surface area contributed by atoms with Crippen LogP contribution < -0.4 is 10.6 Å². The lowest BCUT2D eigenvalue weighted by atomic mass is 9.95. The van der Waals surface area contributed by atoms with E-state index in [-0.39, 0.29) is 23.8 Å². The standard InChI is InChI=1S/C14H25N3O2/c1-4-8-16-13(18)11(3)17-9-6-12(7-10-17)14(19)15-5-2/h4,11-12H,1,5-10H2,2-3H3,(H,15,19)(H,16,18)/t11-/m1/s1. The fourth-order valence-corrected chi connectivity index (χ4v) is 2.35. The quantitative estimate of drug-likeness (QED) is 0.690. The SMILES string of the molecule is C=CCNC(=O)[C@@H](C)N1CCC(C(=O)NCC)CC1. The van der Waals surface area contributed by atoms with Crippen molar-refractivity contribution in [2.75, 3.05) is 26.2 Å². The molecule has 0 aromatic carbocycles. The Hall–Kier alpha value is -1.36. The third-order valence-corrected chi connectivity index (χ3v) is 3.60. The van der Waals surface area contributed by atoms with Gasteiger partial charge in [0.05, 0.1) is 6.04 Å². The second kappa shape index (κ2) is 7.94. The molecule has 1 aliphatic rings. The van der Waals surface area contributed by atoms with Gasteiger partial charge in [0.1, 0.15) is 0 Å². The van der Waals surface area contributed by atoms with Crippen molar-refractivity contribution in [3.63, 3.8) is 0 Å². The van der Waals surface area contributed by atoms with Gasteiger partial charge in [-0.2, -0.15) is 0 Å². The molecule has 108 valence electrons. The van der Waals surface area contributed by atoms with Gasteiger partial charge in [-0.1, -0.05) is 6.08 Å². The van der Waals surface area contributed by atoms with E-state index in [2.05, 4.69) is 22.1 Å². The number of nitrogens with one attached hydrogen (secondary N) is 2. The van der Waals surface area contributed by atoms with E-state index >= 15 is 0 Å². The van der Waals surface area contributed by atoms with Crippen molar-refractivity contribution in [3.05, 3.63) is 12.7 Å². The fraction of sp³-hybridized carbons (Fsp3) is 0.714. The average molecular weight is 267 g/mol. The smallest absolute Gasteiger partial charge is 0.237 e. The molecule has 1 aliphatic heterocycles. The Kier molecular flexibility index (Phi) is 6.56. The van der Waals surface area contributed by atoms with Crippen LogP contribution in [-0.2, 0) is 9.59 Å². The van der Waals surface area contributed by atoms with Gasteiger partial charge in [-0.05, 0) is 39.8 Å². The van der Waals surface area contributed by atoms with Crippen LogP contribution in [0.4, 0.5) is 0 Å². The summed E-state index contributed by atoms with van der Waals surface area (Å²) in [6.07, 6.45) is 3.32. The average Bonchev–Trinajstić information content (AvgIpc) is 2.44. The molecular formula is C14H25N3O2. The molecule has 0 bridgehead atoms. The first kappa shape index (κ1) is 15.7. The third-order valence-electron chi connectivity index (χ3n) is 3.60. The number of nitrogens with zero attached hydrogens (tertiary/aromatic N) is 1. The van der Waals surface area contributed by atoms with Gasteiger partial charge in [-0.25, -0.2) is 0 Å². The van der Waals surface area contributed by atoms with Crippen molar-refractivity contribution < 1.29 is 9.59 Å². The number of carbonyl (C=O) groups excluding carboxylic acids is 2. The topological polar surface area (TPSA) is 61.4 Å². The second-order valence-electron chi connectivity index (χ2n) is 4.91. The second-order valence-corrected chi connectivity index (χ2v) is 4.91. The highest BCUT2D eigenvalue weighted by Crippen LogP contribution is 2.19. The Balaban J connectivity index is 2.38. The van der Waals surface area contributed by atoms with Crippen LogP contribution >= 0.6 is 0 Å². The van der Waals surface area contributed by atoms with Crippen LogP contribution in [0, 0.1) is 5.92 Å². The maximum absolute atomic E-state index is 11.8. The van der Waals surface area contributed by atoms with Gasteiger partial charge in [-0.3, -0.25) is 14.5 Å². The number of hydrogen-bond donors (Lipinski definition) is 2. The van der Waals surface area contributed by atoms with Crippen LogP contribution in [0.15, 0.2) is 12.7 Å². The first-order chi connectivity index (χ1) is 9.10. The monoisotopic (exact) mass is 267 g/mol. The number of piperidine rings is 1. The highest BCUT2D eigenvalue weighted by molar-refractivity contribution is 5.81. The van der Waals surface area contributed by atoms with Crippen molar-refractivity contribution in [1.82, 2.24) is 15.5 Å². The molecule has 5 nitrogen and oxygen atoms in total. The van der Waals surface area contributed by atoms with Crippen LogP contribution in [0.25, 0.3) is 0 Å². The number of hydrogen-bond acceptors (Lipinski definition) is 3. The van der Waals surface area contributed by atoms with Gasteiger partial charge in [0.2, 0.25) is 11.8 Å². The zero-order valence-electron chi connectivity index (χ0n) is 11.9. The molecule has 2 amide bonds. The Morgan fingerprint density at radius 1 is 1.37 bits per heavy atom. The Labute approximate surface area is 115 Å². The molecule has 2 N–H and O–H groups in total. The molecule has 0 aliphatic carbocycles. The van der Waals surface area contributed by atoms with Crippen LogP contribution in [0.5, 0.6) is 0 Å². The predicted molar refractivity (Wildman–Crippen MR) is 75.6 cm³/mol. The molecule has 1 rings (SSSR count). The number of carbonyl (C=O) groups is 2. The summed E-state index contributed by atoms with van der Waals surface area (Å²) in [6, 6.07) is -0.143. The summed E-state index contributed by atoms with van der Waals surface area (Å²) in [6.45, 7) is 10.2. The van der Waals surface area contributed by atoms with Crippen LogP contribution in [-0.4, -0.2) is 48.9 Å². The third kappa shape index (κ3) is 4.67. The van der Waals surface area contributed by atoms with Crippen molar-refractivity contribution in [2.45, 2.75) is 32.7 Å². The molecule has 0 spiro atoms. The summed E-state index contributed by atoms with van der Waals surface area (Å²) < 4.78 is 0. The minimum Gasteiger partial charge on any atom is -0.356 e. The summed E-state index contributed by atoms with van der Waals surface area (Å²) >= 11 is 0. The van der Waals surface area contributed by atoms with Crippen LogP contribution in [0.2, 0.25) is 0 Å². The first-order valence-corrected chi connectivity index (χ1v) is 7.00. The molecule has 0 aromatic rings. The first-order valence-electron chi connectivity index (χ1n) is 7.00. The lowest BCUT2D eigenvalue weighted by Crippen LogP contribution is -2.49. The largest absolute Gasteiger partial charge is 0.356 e. The zero-order chi connectivity index (χ0) is 14.3. The lowest BCUT2D eigenvalue weighted by Gasteiger charge is -2.34. The number of amides is 2. The Morgan fingerprint density at radius 3 is 2.53 bits per heavy atom. The predicted octanol–water partition coefficient (Wildman–Crippen LogP) is 0.525. The van der Waals surface area contributed by atoms with Crippen LogP contribution in [0.1, 0.15) is 26.7 Å². The fourth-order valence-electron chi connectivity index (χ4n) is 2.35. The minimum atomic E-state index is -0.143. The van der Waals surface area contributed by atoms with E-state index in [4.69, 9.17) is 0 Å². The summed E-state index contributed by atoms with van der Waals surface area (Å²) in [5, 5.41) is 5.67. The van der Waals surface area contributed by atoms with E-state index < -0.39 is 0 Å². The highest BCUT2D eigenvalue weighted by Gasteiger charge is 2.29. The van der Waals surface area contributed by atoms with E-state index in [1.807, 2.05) is 13.8 Å². The van der Waals surface area contributed by atoms with Gasteiger partial charge in [0.25, 0.3) is 0 Å². The Morgan fingerprint density at radius 2 is 2.00 bits per heavy atom. The van der Waals surface area contributed by atoms with Gasteiger partial charge in [0, 0.05) is 19.0 Å². The number of likely N-dealkylation sites (tertiary alicyclic amines) is 1. The van der Waals surface area contributed by atoms with E-state index in [9.17, 15) is 9.59 Å². The molecule has 5 heteroatoms. The maximum Gasteiger partial charge on any atom is 0.237 e. The molecule has 0 radical (unpaired) electrons. The molecule has 0 aromatic heterocycles. The van der Waals surface area contributed by atoms with Gasteiger partial charge in [0.15, 0.2) is 0 Å². The van der Waals surface area contributed by atoms with E-state index in [1.54, 1.807) is 6.08 Å². The maximum atomic E-state index is 11.8. The minimum absolute atomic E-state index is 0.0244. The summed E-state index contributed by atoms with van der Waals surface area (Å²) in [7, 11) is 0. The summed E-state index contributed by atoms with van der Waals surface area (Å²) in [4.78, 5) is 25.7. The highest BCUT2D eigenvalue weighted by atomic mass is 16.2. The normalized spacial score (nSPS) is 18.6. The summed E-state index contributed by atoms with van der Waals surface area (Å²) in [5.74, 6) is 0.266. The van der Waals surface area contributed by atoms with Crippen molar-refractivity contribution >= 4 is 11.8 Å². The molecule has 0 saturated carbocycles. The van der Waals surface area contributed by atoms with Gasteiger partial charge >= 0.3 is 0 Å². The van der Waals surface area contributed by atoms with Crippen molar-refractivity contribution in [2.24, 2.45) is 5.92 Å². The van der Waals surface area contributed by atoms with Gasteiger partial charge in [-0.15, -0.1) is 6.58 Å². The Bertz CT molecular complexity index is 323.